The maximum absolute atomic E-state index is 12.4. The lowest BCUT2D eigenvalue weighted by molar-refractivity contribution is -0.137. The molecule has 1 N–H and O–H groups in total. The van der Waals surface area contributed by atoms with E-state index in [2.05, 4.69) is 21.2 Å². The largest absolute Gasteiger partial charge is 0.416 e. The van der Waals surface area contributed by atoms with Gasteiger partial charge in [-0.05, 0) is 58.4 Å². The van der Waals surface area contributed by atoms with E-state index >= 15 is 0 Å². The average Bonchev–Trinajstić information content (AvgIpc) is 2.41. The summed E-state index contributed by atoms with van der Waals surface area (Å²) < 4.78 is 37.9. The summed E-state index contributed by atoms with van der Waals surface area (Å²) in [6.07, 6.45) is -4.42. The van der Waals surface area contributed by atoms with Crippen molar-refractivity contribution in [2.75, 3.05) is 5.32 Å². The molecule has 21 heavy (non-hydrogen) atoms. The highest BCUT2D eigenvalue weighted by Gasteiger charge is 2.30. The second-order valence-corrected chi connectivity index (χ2v) is 5.44. The Hall–Kier alpha value is -1.53. The van der Waals surface area contributed by atoms with Crippen LogP contribution in [0, 0.1) is 0 Å². The molecule has 0 spiro atoms. The lowest BCUT2D eigenvalue weighted by Gasteiger charge is -2.09. The number of rotatable bonds is 2. The Morgan fingerprint density at radius 1 is 1.10 bits per heavy atom. The summed E-state index contributed by atoms with van der Waals surface area (Å²) in [6.45, 7) is 0. The molecule has 2 aromatic rings. The van der Waals surface area contributed by atoms with E-state index in [1.807, 2.05) is 0 Å². The van der Waals surface area contributed by atoms with Crippen LogP contribution < -0.4 is 5.32 Å². The summed E-state index contributed by atoms with van der Waals surface area (Å²) in [5.74, 6) is -0.508. The summed E-state index contributed by atoms with van der Waals surface area (Å²) in [5, 5.41) is 3.08. The first-order chi connectivity index (χ1) is 9.77. The molecule has 0 saturated carbocycles. The SMILES string of the molecule is O=C(Nc1ccc(Cl)cc1Br)c1ccc(C(F)(F)F)cc1. The van der Waals surface area contributed by atoms with Gasteiger partial charge in [-0.1, -0.05) is 11.6 Å². The van der Waals surface area contributed by atoms with Crippen molar-refractivity contribution < 1.29 is 18.0 Å². The van der Waals surface area contributed by atoms with Gasteiger partial charge in [0.05, 0.1) is 11.3 Å². The Balaban J connectivity index is 2.17. The van der Waals surface area contributed by atoms with Crippen LogP contribution in [0.4, 0.5) is 18.9 Å². The predicted octanol–water partition coefficient (Wildman–Crippen LogP) is 5.37. The summed E-state index contributed by atoms with van der Waals surface area (Å²) in [6, 6.07) is 8.77. The molecule has 0 radical (unpaired) electrons. The minimum Gasteiger partial charge on any atom is -0.321 e. The zero-order valence-corrected chi connectivity index (χ0v) is 12.7. The number of alkyl halides is 3. The van der Waals surface area contributed by atoms with Gasteiger partial charge in [0.15, 0.2) is 0 Å². The van der Waals surface area contributed by atoms with E-state index < -0.39 is 17.6 Å². The van der Waals surface area contributed by atoms with Crippen molar-refractivity contribution >= 4 is 39.1 Å². The highest BCUT2D eigenvalue weighted by Crippen LogP contribution is 2.30. The van der Waals surface area contributed by atoms with Gasteiger partial charge in [0.25, 0.3) is 5.91 Å². The molecule has 0 unspecified atom stereocenters. The van der Waals surface area contributed by atoms with Crippen LogP contribution in [-0.2, 0) is 6.18 Å². The van der Waals surface area contributed by atoms with Crippen molar-refractivity contribution in [2.45, 2.75) is 6.18 Å². The van der Waals surface area contributed by atoms with E-state index in [9.17, 15) is 18.0 Å². The number of halogens is 5. The van der Waals surface area contributed by atoms with Crippen LogP contribution in [0.1, 0.15) is 15.9 Å². The van der Waals surface area contributed by atoms with Crippen LogP contribution in [-0.4, -0.2) is 5.91 Å². The maximum atomic E-state index is 12.4. The fraction of sp³-hybridized carbons (Fsp3) is 0.0714. The van der Waals surface area contributed by atoms with Crippen molar-refractivity contribution in [3.63, 3.8) is 0 Å². The van der Waals surface area contributed by atoms with Crippen molar-refractivity contribution in [3.05, 3.63) is 63.1 Å². The van der Waals surface area contributed by atoms with E-state index in [1.165, 1.54) is 0 Å². The molecule has 0 aliphatic heterocycles. The monoisotopic (exact) mass is 377 g/mol. The lowest BCUT2D eigenvalue weighted by Crippen LogP contribution is -2.13. The molecule has 110 valence electrons. The Bertz CT molecular complexity index is 671. The minimum atomic E-state index is -4.42. The first kappa shape index (κ1) is 15.9. The third kappa shape index (κ3) is 3.98. The average molecular weight is 379 g/mol. The van der Waals surface area contributed by atoms with Crippen molar-refractivity contribution in [3.8, 4) is 0 Å². The molecule has 0 bridgehead atoms. The zero-order chi connectivity index (χ0) is 15.6. The van der Waals surface area contributed by atoms with Crippen LogP contribution >= 0.6 is 27.5 Å². The molecule has 7 heteroatoms. The normalized spacial score (nSPS) is 11.3. The van der Waals surface area contributed by atoms with Gasteiger partial charge in [-0.15, -0.1) is 0 Å². The molecule has 1 amide bonds. The molecule has 0 aromatic heterocycles. The second kappa shape index (κ2) is 6.07. The third-order valence-corrected chi connectivity index (χ3v) is 3.54. The van der Waals surface area contributed by atoms with Crippen LogP contribution in [0.15, 0.2) is 46.9 Å². The smallest absolute Gasteiger partial charge is 0.321 e. The Kier molecular flexibility index (Phi) is 4.58. The fourth-order valence-corrected chi connectivity index (χ4v) is 2.38. The second-order valence-electron chi connectivity index (χ2n) is 4.15. The quantitative estimate of drug-likeness (QED) is 0.747. The number of hydrogen-bond donors (Lipinski definition) is 1. The summed E-state index contributed by atoms with van der Waals surface area (Å²) in [5.41, 5.74) is -0.194. The molecule has 2 aromatic carbocycles. The third-order valence-electron chi connectivity index (χ3n) is 2.65. The number of anilines is 1. The maximum Gasteiger partial charge on any atom is 0.416 e. The molecule has 0 aliphatic carbocycles. The molecule has 0 heterocycles. The highest BCUT2D eigenvalue weighted by molar-refractivity contribution is 9.10. The molecular weight excluding hydrogens is 371 g/mol. The Labute approximate surface area is 132 Å². The van der Waals surface area contributed by atoms with E-state index in [0.29, 0.717) is 15.2 Å². The molecule has 0 saturated heterocycles. The van der Waals surface area contributed by atoms with Gasteiger partial charge < -0.3 is 5.32 Å². The van der Waals surface area contributed by atoms with Crippen LogP contribution in [0.5, 0.6) is 0 Å². The molecule has 0 fully saturated rings. The molecule has 0 atom stereocenters. The molecular formula is C14H8BrClF3NO. The van der Waals surface area contributed by atoms with Gasteiger partial charge in [-0.2, -0.15) is 13.2 Å². The Morgan fingerprint density at radius 2 is 1.71 bits per heavy atom. The first-order valence-corrected chi connectivity index (χ1v) is 6.88. The summed E-state index contributed by atoms with van der Waals surface area (Å²) in [7, 11) is 0. The van der Waals surface area contributed by atoms with Crippen molar-refractivity contribution in [1.82, 2.24) is 0 Å². The van der Waals surface area contributed by atoms with E-state index in [1.54, 1.807) is 18.2 Å². The molecule has 2 nitrogen and oxygen atoms in total. The number of carbonyl (C=O) groups excluding carboxylic acids is 1. The van der Waals surface area contributed by atoms with Gasteiger partial charge in [0.2, 0.25) is 0 Å². The number of nitrogens with one attached hydrogen (secondary N) is 1. The van der Waals surface area contributed by atoms with Gasteiger partial charge in [0, 0.05) is 15.1 Å². The summed E-state index contributed by atoms with van der Waals surface area (Å²) in [4.78, 5) is 12.0. The van der Waals surface area contributed by atoms with Gasteiger partial charge >= 0.3 is 6.18 Å². The lowest BCUT2D eigenvalue weighted by atomic mass is 10.1. The van der Waals surface area contributed by atoms with Crippen molar-refractivity contribution in [2.24, 2.45) is 0 Å². The Morgan fingerprint density at radius 3 is 2.24 bits per heavy atom. The van der Waals surface area contributed by atoms with Gasteiger partial charge in [0.1, 0.15) is 0 Å². The number of hydrogen-bond acceptors (Lipinski definition) is 1. The number of carbonyl (C=O) groups is 1. The van der Waals surface area contributed by atoms with E-state index in [0.717, 1.165) is 24.3 Å². The predicted molar refractivity (Wildman–Crippen MR) is 78.5 cm³/mol. The standard InChI is InChI=1S/C14H8BrClF3NO/c15-11-7-10(16)5-6-12(11)20-13(21)8-1-3-9(4-2-8)14(17,18)19/h1-7H,(H,20,21). The zero-order valence-electron chi connectivity index (χ0n) is 10.3. The van der Waals surface area contributed by atoms with Gasteiger partial charge in [-0.3, -0.25) is 4.79 Å². The number of amides is 1. The number of benzene rings is 2. The fourth-order valence-electron chi connectivity index (χ4n) is 1.60. The van der Waals surface area contributed by atoms with Crippen LogP contribution in [0.25, 0.3) is 0 Å². The molecule has 0 aliphatic rings. The molecule has 2 rings (SSSR count). The van der Waals surface area contributed by atoms with Gasteiger partial charge in [-0.25, -0.2) is 0 Å². The van der Waals surface area contributed by atoms with Crippen LogP contribution in [0.3, 0.4) is 0 Å². The minimum absolute atomic E-state index is 0.129. The highest BCUT2D eigenvalue weighted by atomic mass is 79.9. The summed E-state index contributed by atoms with van der Waals surface area (Å²) >= 11 is 9.02. The van der Waals surface area contributed by atoms with E-state index in [-0.39, 0.29) is 5.56 Å². The first-order valence-electron chi connectivity index (χ1n) is 5.71. The van der Waals surface area contributed by atoms with E-state index in [4.69, 9.17) is 11.6 Å². The van der Waals surface area contributed by atoms with Crippen molar-refractivity contribution in [1.29, 1.82) is 0 Å². The van der Waals surface area contributed by atoms with Crippen LogP contribution in [0.2, 0.25) is 5.02 Å². The topological polar surface area (TPSA) is 29.1 Å².